The van der Waals surface area contributed by atoms with E-state index in [2.05, 4.69) is 77.3 Å². The number of halogens is 1. The zero-order chi connectivity index (χ0) is 15.4. The first kappa shape index (κ1) is 16.0. The van der Waals surface area contributed by atoms with Gasteiger partial charge in [-0.3, -0.25) is 0 Å². The number of hydrogen-bond donors (Lipinski definition) is 1. The largest absolute Gasteiger partial charge is 0.377 e. The van der Waals surface area contributed by atoms with Crippen molar-refractivity contribution >= 4 is 21.6 Å². The highest BCUT2D eigenvalue weighted by Gasteiger charge is 2.08. The summed E-state index contributed by atoms with van der Waals surface area (Å²) in [6, 6.07) is 13.2. The van der Waals surface area contributed by atoms with Crippen LogP contribution in [0.5, 0.6) is 0 Å². The molecule has 1 aromatic heterocycles. The SMILES string of the molecule is Cc1nc(Br)ccc1NC(C)c1ccc(CC(C)C)cc1. The van der Waals surface area contributed by atoms with Crippen molar-refractivity contribution in [2.24, 2.45) is 5.92 Å². The molecule has 1 aromatic carbocycles. The number of rotatable bonds is 5. The number of hydrogen-bond acceptors (Lipinski definition) is 2. The van der Waals surface area contributed by atoms with Gasteiger partial charge in [-0.1, -0.05) is 38.1 Å². The Morgan fingerprint density at radius 1 is 1.05 bits per heavy atom. The molecule has 21 heavy (non-hydrogen) atoms. The maximum Gasteiger partial charge on any atom is 0.106 e. The zero-order valence-electron chi connectivity index (χ0n) is 13.2. The Labute approximate surface area is 136 Å². The lowest BCUT2D eigenvalue weighted by atomic mass is 10.00. The summed E-state index contributed by atoms with van der Waals surface area (Å²) in [5, 5.41) is 3.53. The number of benzene rings is 1. The lowest BCUT2D eigenvalue weighted by Gasteiger charge is -2.17. The molecule has 1 N–H and O–H groups in total. The minimum Gasteiger partial charge on any atom is -0.377 e. The molecule has 3 heteroatoms. The molecule has 2 nitrogen and oxygen atoms in total. The van der Waals surface area contributed by atoms with Crippen LogP contribution in [0.4, 0.5) is 5.69 Å². The normalized spacial score (nSPS) is 12.5. The topological polar surface area (TPSA) is 24.9 Å². The number of anilines is 1. The first-order valence-electron chi connectivity index (χ1n) is 7.44. The molecule has 0 aliphatic heterocycles. The Kier molecular flexibility index (Phi) is 5.40. The van der Waals surface area contributed by atoms with E-state index < -0.39 is 0 Å². The van der Waals surface area contributed by atoms with Gasteiger partial charge in [-0.05, 0) is 65.4 Å². The van der Waals surface area contributed by atoms with Gasteiger partial charge in [0, 0.05) is 6.04 Å². The van der Waals surface area contributed by atoms with Crippen LogP contribution in [0.25, 0.3) is 0 Å². The molecule has 0 bridgehead atoms. The third kappa shape index (κ3) is 4.57. The molecule has 0 spiro atoms. The van der Waals surface area contributed by atoms with E-state index in [1.54, 1.807) is 0 Å². The van der Waals surface area contributed by atoms with Gasteiger partial charge in [0.15, 0.2) is 0 Å². The summed E-state index contributed by atoms with van der Waals surface area (Å²) in [5.74, 6) is 0.697. The molecule has 0 aliphatic carbocycles. The van der Waals surface area contributed by atoms with E-state index in [0.29, 0.717) is 5.92 Å². The number of nitrogens with zero attached hydrogens (tertiary/aromatic N) is 1. The van der Waals surface area contributed by atoms with E-state index >= 15 is 0 Å². The summed E-state index contributed by atoms with van der Waals surface area (Å²) in [4.78, 5) is 4.42. The molecular weight excluding hydrogens is 324 g/mol. The Morgan fingerprint density at radius 3 is 2.29 bits per heavy atom. The van der Waals surface area contributed by atoms with Gasteiger partial charge in [0.05, 0.1) is 11.4 Å². The summed E-state index contributed by atoms with van der Waals surface area (Å²) < 4.78 is 0.872. The van der Waals surface area contributed by atoms with Crippen LogP contribution in [-0.4, -0.2) is 4.98 Å². The Morgan fingerprint density at radius 2 is 1.71 bits per heavy atom. The highest BCUT2D eigenvalue weighted by Crippen LogP contribution is 2.23. The summed E-state index contributed by atoms with van der Waals surface area (Å²) in [7, 11) is 0. The van der Waals surface area contributed by atoms with Crippen molar-refractivity contribution in [3.05, 3.63) is 57.8 Å². The van der Waals surface area contributed by atoms with Gasteiger partial charge < -0.3 is 5.32 Å². The summed E-state index contributed by atoms with van der Waals surface area (Å²) in [5.41, 5.74) is 4.79. The second kappa shape index (κ2) is 7.08. The molecular formula is C18H23BrN2. The molecule has 112 valence electrons. The average Bonchev–Trinajstić information content (AvgIpc) is 2.42. The summed E-state index contributed by atoms with van der Waals surface area (Å²) in [6.07, 6.45) is 1.14. The first-order valence-corrected chi connectivity index (χ1v) is 8.23. The van der Waals surface area contributed by atoms with E-state index in [1.807, 2.05) is 13.0 Å². The van der Waals surface area contributed by atoms with Gasteiger partial charge in [-0.2, -0.15) is 0 Å². The van der Waals surface area contributed by atoms with Crippen molar-refractivity contribution in [2.45, 2.75) is 40.2 Å². The molecule has 1 unspecified atom stereocenters. The van der Waals surface area contributed by atoms with E-state index in [9.17, 15) is 0 Å². The Balaban J connectivity index is 2.07. The molecule has 0 saturated heterocycles. The number of aromatic nitrogens is 1. The molecule has 0 radical (unpaired) electrons. The molecule has 1 atom stereocenters. The average molecular weight is 347 g/mol. The highest BCUT2D eigenvalue weighted by molar-refractivity contribution is 9.10. The van der Waals surface area contributed by atoms with Crippen molar-refractivity contribution in [1.29, 1.82) is 0 Å². The van der Waals surface area contributed by atoms with Gasteiger partial charge in [0.1, 0.15) is 4.60 Å². The fraction of sp³-hybridized carbons (Fsp3) is 0.389. The van der Waals surface area contributed by atoms with Crippen LogP contribution in [0, 0.1) is 12.8 Å². The molecule has 0 fully saturated rings. The van der Waals surface area contributed by atoms with Crippen LogP contribution in [0.3, 0.4) is 0 Å². The van der Waals surface area contributed by atoms with E-state index in [1.165, 1.54) is 11.1 Å². The Hall–Kier alpha value is -1.35. The lowest BCUT2D eigenvalue weighted by molar-refractivity contribution is 0.647. The molecule has 2 aromatic rings. The predicted octanol–water partition coefficient (Wildman–Crippen LogP) is 5.52. The second-order valence-corrected chi connectivity index (χ2v) is 6.79. The smallest absolute Gasteiger partial charge is 0.106 e. The molecule has 0 amide bonds. The standard InChI is InChI=1S/C18H23BrN2/c1-12(2)11-15-5-7-16(8-6-15)13(3)20-17-9-10-18(19)21-14(17)4/h5-10,12-13,20H,11H2,1-4H3. The Bertz CT molecular complexity index is 591. The van der Waals surface area contributed by atoms with E-state index in [-0.39, 0.29) is 6.04 Å². The van der Waals surface area contributed by atoms with Gasteiger partial charge in [-0.25, -0.2) is 4.98 Å². The molecule has 1 heterocycles. The lowest BCUT2D eigenvalue weighted by Crippen LogP contribution is -2.08. The summed E-state index contributed by atoms with van der Waals surface area (Å²) in [6.45, 7) is 8.70. The third-order valence-electron chi connectivity index (χ3n) is 3.55. The quantitative estimate of drug-likeness (QED) is 0.720. The predicted molar refractivity (Wildman–Crippen MR) is 93.7 cm³/mol. The van der Waals surface area contributed by atoms with Crippen LogP contribution >= 0.6 is 15.9 Å². The van der Waals surface area contributed by atoms with Crippen molar-refractivity contribution in [3.63, 3.8) is 0 Å². The van der Waals surface area contributed by atoms with Crippen molar-refractivity contribution < 1.29 is 0 Å². The van der Waals surface area contributed by atoms with Gasteiger partial charge >= 0.3 is 0 Å². The second-order valence-electron chi connectivity index (χ2n) is 5.97. The minimum atomic E-state index is 0.264. The van der Waals surface area contributed by atoms with Crippen LogP contribution in [0.2, 0.25) is 0 Å². The molecule has 0 aliphatic rings. The van der Waals surface area contributed by atoms with Crippen LogP contribution < -0.4 is 5.32 Å². The maximum atomic E-state index is 4.42. The maximum absolute atomic E-state index is 4.42. The third-order valence-corrected chi connectivity index (χ3v) is 3.99. The van der Waals surface area contributed by atoms with Gasteiger partial charge in [0.25, 0.3) is 0 Å². The monoisotopic (exact) mass is 346 g/mol. The number of pyridine rings is 1. The fourth-order valence-electron chi connectivity index (χ4n) is 2.41. The van der Waals surface area contributed by atoms with Gasteiger partial charge in [-0.15, -0.1) is 0 Å². The number of aryl methyl sites for hydroxylation is 1. The zero-order valence-corrected chi connectivity index (χ0v) is 14.7. The first-order chi connectivity index (χ1) is 9.95. The summed E-state index contributed by atoms with van der Waals surface area (Å²) >= 11 is 3.40. The van der Waals surface area contributed by atoms with Crippen LogP contribution in [-0.2, 0) is 6.42 Å². The molecule has 2 rings (SSSR count). The van der Waals surface area contributed by atoms with Crippen molar-refractivity contribution in [3.8, 4) is 0 Å². The minimum absolute atomic E-state index is 0.264. The van der Waals surface area contributed by atoms with Crippen molar-refractivity contribution in [2.75, 3.05) is 5.32 Å². The fourth-order valence-corrected chi connectivity index (χ4v) is 2.81. The van der Waals surface area contributed by atoms with Gasteiger partial charge in [0.2, 0.25) is 0 Å². The van der Waals surface area contributed by atoms with E-state index in [0.717, 1.165) is 22.4 Å². The van der Waals surface area contributed by atoms with Crippen LogP contribution in [0.1, 0.15) is 43.6 Å². The number of nitrogens with one attached hydrogen (secondary N) is 1. The van der Waals surface area contributed by atoms with Crippen LogP contribution in [0.15, 0.2) is 41.0 Å². The molecule has 0 saturated carbocycles. The van der Waals surface area contributed by atoms with E-state index in [4.69, 9.17) is 0 Å². The highest BCUT2D eigenvalue weighted by atomic mass is 79.9. The van der Waals surface area contributed by atoms with Crippen molar-refractivity contribution in [1.82, 2.24) is 4.98 Å².